The van der Waals surface area contributed by atoms with Crippen molar-refractivity contribution in [3.05, 3.63) is 83.6 Å². The molecule has 1 saturated heterocycles. The van der Waals surface area contributed by atoms with Gasteiger partial charge in [-0.05, 0) is 68.0 Å². The van der Waals surface area contributed by atoms with Crippen LogP contribution in [0.4, 0.5) is 19.0 Å². The van der Waals surface area contributed by atoms with Crippen LogP contribution in [0, 0.1) is 5.41 Å². The van der Waals surface area contributed by atoms with Gasteiger partial charge in [0.25, 0.3) is 16.0 Å². The molecular weight excluding hydrogens is 970 g/mol. The molecule has 0 aliphatic carbocycles. The van der Waals surface area contributed by atoms with Gasteiger partial charge < -0.3 is 47.4 Å². The van der Waals surface area contributed by atoms with E-state index >= 15 is 0 Å². The van der Waals surface area contributed by atoms with Gasteiger partial charge in [-0.15, -0.1) is 0 Å². The monoisotopic (exact) mass is 1020 g/mol. The molecule has 71 heavy (non-hydrogen) atoms. The number of aliphatic carboxylic acids is 1. The lowest BCUT2D eigenvalue weighted by molar-refractivity contribution is -0.172. The fourth-order valence-corrected chi connectivity index (χ4v) is 7.13. The summed E-state index contributed by atoms with van der Waals surface area (Å²) in [7, 11) is -4.52. The van der Waals surface area contributed by atoms with E-state index in [9.17, 15) is 74.7 Å². The van der Waals surface area contributed by atoms with Gasteiger partial charge in [-0.3, -0.25) is 59.1 Å². The van der Waals surface area contributed by atoms with Crippen LogP contribution < -0.4 is 48.0 Å². The first-order valence-corrected chi connectivity index (χ1v) is 22.7. The molecule has 2 aromatic carbocycles. The van der Waals surface area contributed by atoms with Crippen LogP contribution in [-0.2, 0) is 50.1 Å². The lowest BCUT2D eigenvalue weighted by Crippen LogP contribution is -2.58. The van der Waals surface area contributed by atoms with Crippen LogP contribution in [0.15, 0.2) is 76.9 Å². The van der Waals surface area contributed by atoms with Crippen LogP contribution >= 0.6 is 0 Å². The fourth-order valence-electron chi connectivity index (χ4n) is 6.46. The molecule has 1 aliphatic rings. The van der Waals surface area contributed by atoms with Crippen LogP contribution in [0.1, 0.15) is 60.0 Å². The zero-order chi connectivity index (χ0) is 52.3. The van der Waals surface area contributed by atoms with Crippen LogP contribution in [0.2, 0.25) is 0 Å². The second kappa shape index (κ2) is 26.0. The number of anilines is 1. The molecule has 4 atom stereocenters. The van der Waals surface area contributed by atoms with Gasteiger partial charge in [0.05, 0.1) is 24.7 Å². The van der Waals surface area contributed by atoms with Crippen molar-refractivity contribution in [3.63, 3.8) is 0 Å². The number of hydrazone groups is 1. The van der Waals surface area contributed by atoms with Crippen molar-refractivity contribution in [2.45, 2.75) is 80.2 Å². The number of phenolic OH excluding ortho intramolecular Hbond substituents is 1. The van der Waals surface area contributed by atoms with E-state index in [0.29, 0.717) is 5.56 Å². The Morgan fingerprint density at radius 3 is 2.07 bits per heavy atom. The Morgan fingerprint density at radius 1 is 0.803 bits per heavy atom. The number of phenols is 1. The summed E-state index contributed by atoms with van der Waals surface area (Å²) in [4.78, 5) is 107. The number of aromatic hydroxyl groups is 1. The van der Waals surface area contributed by atoms with Gasteiger partial charge in [0, 0.05) is 31.3 Å². The molecule has 382 valence electrons. The molecule has 0 radical (unpaired) electrons. The summed E-state index contributed by atoms with van der Waals surface area (Å²) in [5.41, 5.74) is 3.17. The Bertz CT molecular complexity index is 2590. The van der Waals surface area contributed by atoms with Gasteiger partial charge in [-0.1, -0.05) is 30.3 Å². The number of carboxylic acids is 1. The topological polar surface area (TPSA) is 389 Å². The molecule has 0 bridgehead atoms. The Labute approximate surface area is 401 Å². The number of hydrogen-bond donors (Lipinski definition) is 13. The summed E-state index contributed by atoms with van der Waals surface area (Å²) in [5, 5.41) is 48.9. The molecule has 13 N–H and O–H groups in total. The van der Waals surface area contributed by atoms with Gasteiger partial charge in [0.15, 0.2) is 5.96 Å². The first-order valence-electron chi connectivity index (χ1n) is 21.3. The summed E-state index contributed by atoms with van der Waals surface area (Å²) < 4.78 is 70.6. The number of carboxylic acid groups (broad SMARTS) is 1. The fraction of sp³-hybridized carbons (Fsp3) is 0.357. The zero-order valence-corrected chi connectivity index (χ0v) is 38.0. The van der Waals surface area contributed by atoms with Crippen molar-refractivity contribution in [2.24, 2.45) is 5.10 Å². The maximum Gasteiger partial charge on any atom is 0.471 e. The summed E-state index contributed by atoms with van der Waals surface area (Å²) in [6.45, 7) is -1.12. The van der Waals surface area contributed by atoms with E-state index in [4.69, 9.17) is 5.41 Å². The second-order valence-corrected chi connectivity index (χ2v) is 16.8. The molecule has 29 heteroatoms. The van der Waals surface area contributed by atoms with E-state index in [0.717, 1.165) is 6.21 Å². The molecule has 0 spiro atoms. The van der Waals surface area contributed by atoms with E-state index in [1.54, 1.807) is 0 Å². The van der Waals surface area contributed by atoms with Gasteiger partial charge in [0.2, 0.25) is 29.5 Å². The molecule has 0 unspecified atom stereocenters. The van der Waals surface area contributed by atoms with Crippen LogP contribution in [0.3, 0.4) is 0 Å². The SMILES string of the molecule is N=C(NCCC[C@@H]1NC(=O)[C@H](CCCCNC(=O)c2ccc(N/N=C/c3ccccc3S(=O)(=O)O)nc2)NC(=O)[C@@H](Cc2ccc(O)cc2)NC(=O)[C@H](CC(=O)O)NC(=O)CNC1=O)NC(=O)C(F)(F)F. The van der Waals surface area contributed by atoms with Crippen molar-refractivity contribution in [1.82, 2.24) is 47.5 Å². The molecular formula is C42H49F3N12O13S. The number of benzene rings is 2. The highest BCUT2D eigenvalue weighted by Crippen LogP contribution is 2.16. The third kappa shape index (κ3) is 18.7. The number of unbranched alkanes of at least 4 members (excludes halogenated alkanes) is 1. The lowest BCUT2D eigenvalue weighted by atomic mass is 10.0. The molecule has 1 aromatic heterocycles. The molecule has 4 rings (SSSR count). The highest BCUT2D eigenvalue weighted by molar-refractivity contribution is 7.86. The third-order valence-electron chi connectivity index (χ3n) is 10.0. The Kier molecular flexibility index (Phi) is 20.2. The minimum atomic E-state index is -5.28. The molecule has 1 aliphatic heterocycles. The summed E-state index contributed by atoms with van der Waals surface area (Å²) in [5.74, 6) is -10.6. The number of hydrogen-bond acceptors (Lipinski definition) is 15. The predicted octanol–water partition coefficient (Wildman–Crippen LogP) is -0.851. The first-order chi connectivity index (χ1) is 33.5. The number of carbonyl (C=O) groups excluding carboxylic acids is 7. The summed E-state index contributed by atoms with van der Waals surface area (Å²) in [6, 6.07) is 7.53. The second-order valence-electron chi connectivity index (χ2n) is 15.5. The van der Waals surface area contributed by atoms with Crippen LogP contribution in [0.5, 0.6) is 5.75 Å². The molecule has 2 heterocycles. The average Bonchev–Trinajstić information content (AvgIpc) is 3.30. The number of carbonyl (C=O) groups is 8. The molecule has 7 amide bonds. The van der Waals surface area contributed by atoms with Gasteiger partial charge in [0.1, 0.15) is 40.6 Å². The largest absolute Gasteiger partial charge is 0.508 e. The van der Waals surface area contributed by atoms with Crippen molar-refractivity contribution in [1.29, 1.82) is 5.41 Å². The normalized spacial score (nSPS) is 18.3. The summed E-state index contributed by atoms with van der Waals surface area (Å²) in [6.07, 6.45) is -4.42. The van der Waals surface area contributed by atoms with Crippen molar-refractivity contribution in [3.8, 4) is 5.75 Å². The van der Waals surface area contributed by atoms with E-state index < -0.39 is 107 Å². The number of rotatable bonds is 18. The van der Waals surface area contributed by atoms with E-state index in [2.05, 4.69) is 52.7 Å². The highest BCUT2D eigenvalue weighted by atomic mass is 32.2. The van der Waals surface area contributed by atoms with E-state index in [1.807, 2.05) is 0 Å². The maximum absolute atomic E-state index is 14.0. The molecule has 1 fully saturated rings. The van der Waals surface area contributed by atoms with E-state index in [-0.39, 0.29) is 79.2 Å². The number of guanidine groups is 1. The van der Waals surface area contributed by atoms with Gasteiger partial charge >= 0.3 is 18.1 Å². The maximum atomic E-state index is 14.0. The van der Waals surface area contributed by atoms with Crippen molar-refractivity contribution in [2.75, 3.05) is 25.1 Å². The quantitative estimate of drug-likeness (QED) is 0.0243. The van der Waals surface area contributed by atoms with Gasteiger partial charge in [-0.2, -0.15) is 26.7 Å². The molecule has 0 saturated carbocycles. The lowest BCUT2D eigenvalue weighted by Gasteiger charge is -2.26. The Morgan fingerprint density at radius 2 is 1.42 bits per heavy atom. The minimum Gasteiger partial charge on any atom is -0.508 e. The van der Waals surface area contributed by atoms with Crippen LogP contribution in [-0.4, -0.2) is 138 Å². The molecule has 3 aromatic rings. The van der Waals surface area contributed by atoms with Gasteiger partial charge in [-0.25, -0.2) is 4.98 Å². The number of halogens is 3. The van der Waals surface area contributed by atoms with E-state index in [1.165, 1.54) is 72.2 Å². The number of aromatic nitrogens is 1. The smallest absolute Gasteiger partial charge is 0.471 e. The predicted molar refractivity (Wildman–Crippen MR) is 242 cm³/mol. The standard InChI is InChI=1S/C42H49F3N12O13S/c43-42(44,45)40(67)56-41(46)48-17-5-8-27-36(63)50-22-33(59)52-30(19-34(60)61)39(66)55-29(18-23-10-13-26(58)14-11-23)38(65)54-28(37(64)53-27)7-3-4-16-47-35(62)25-12-15-32(49-20-25)57-51-21-24-6-1-2-9-31(24)71(68,69)70/h1-2,6,9-15,20-21,27-30,58H,3-5,7-8,16-19,22H2,(H,47,62)(H,49,57)(H,50,63)(H,52,59)(H,53,64)(H,54,65)(H,55,66)(H,60,61)(H,68,69,70)(H3,46,48,56,67)/b51-21+/t27-,28-,29+,30-/m0/s1. The zero-order valence-electron chi connectivity index (χ0n) is 37.2. The highest BCUT2D eigenvalue weighted by Gasteiger charge is 2.39. The number of pyridine rings is 1. The van der Waals surface area contributed by atoms with Crippen molar-refractivity contribution >= 4 is 75.4 Å². The first kappa shape index (κ1) is 55.4. The number of alkyl halides is 3. The van der Waals surface area contributed by atoms with Crippen LogP contribution in [0.25, 0.3) is 0 Å². The third-order valence-corrected chi connectivity index (χ3v) is 10.9. The Hall–Kier alpha value is -8.21. The molecule has 25 nitrogen and oxygen atoms in total. The minimum absolute atomic E-state index is 0.0284. The Balaban J connectivity index is 1.49. The number of amides is 7. The number of nitrogens with zero attached hydrogens (tertiary/aromatic N) is 2. The number of nitrogens with one attached hydrogen (secondary N) is 10. The average molecular weight is 1020 g/mol. The summed E-state index contributed by atoms with van der Waals surface area (Å²) >= 11 is 0. The van der Waals surface area contributed by atoms with Crippen molar-refractivity contribution < 1.29 is 74.7 Å².